The Labute approximate surface area is 450 Å². The Morgan fingerprint density at radius 3 is 1.53 bits per heavy atom. The van der Waals surface area contributed by atoms with Crippen LogP contribution in [0, 0.1) is 47.4 Å². The van der Waals surface area contributed by atoms with E-state index in [1.165, 1.54) is 14.0 Å². The molecule has 73 heavy (non-hydrogen) atoms. The first-order valence-electron chi connectivity index (χ1n) is 25.9. The van der Waals surface area contributed by atoms with Crippen molar-refractivity contribution in [2.45, 2.75) is 246 Å². The van der Waals surface area contributed by atoms with Gasteiger partial charge in [-0.3, -0.25) is 4.79 Å². The second-order valence-electron chi connectivity index (χ2n) is 22.6. The van der Waals surface area contributed by atoms with Gasteiger partial charge in [-0.15, -0.1) is 0 Å². The maximum Gasteiger partial charge on any atom is 0.305 e. The topological polar surface area (TPSA) is 132 Å². The van der Waals surface area contributed by atoms with E-state index in [1.54, 1.807) is 36.5 Å². The molecule has 12 heteroatoms. The minimum atomic E-state index is -2.02. The molecule has 0 aliphatic carbocycles. The third kappa shape index (κ3) is 36.8. The maximum absolute atomic E-state index is 11.6. The van der Waals surface area contributed by atoms with Crippen molar-refractivity contribution >= 4 is 36.7 Å². The number of aliphatic hydroxyl groups is 3. The van der Waals surface area contributed by atoms with Gasteiger partial charge < -0.3 is 38.1 Å². The predicted molar refractivity (Wildman–Crippen MR) is 317 cm³/mol. The second kappa shape index (κ2) is 37.9. The number of rotatable bonds is 24. The third-order valence-corrected chi connectivity index (χ3v) is 26.5. The zero-order chi connectivity index (χ0) is 55.7. The Bertz CT molecular complexity index is 2030. The van der Waals surface area contributed by atoms with Crippen LogP contribution in [0.2, 0.25) is 54.4 Å². The van der Waals surface area contributed by atoms with Crippen molar-refractivity contribution in [2.75, 3.05) is 7.11 Å². The van der Waals surface area contributed by atoms with Crippen LogP contribution in [-0.4, -0.2) is 95.8 Å². The Morgan fingerprint density at radius 2 is 1.03 bits per heavy atom. The van der Waals surface area contributed by atoms with Gasteiger partial charge in [0.1, 0.15) is 18.0 Å². The number of methoxy groups -OCH3 is 1. The lowest BCUT2D eigenvalue weighted by molar-refractivity contribution is -0.140. The van der Waals surface area contributed by atoms with Crippen LogP contribution in [0.1, 0.15) is 155 Å². The fourth-order valence-corrected chi connectivity index (χ4v) is 9.06. The smallest absolute Gasteiger partial charge is 0.305 e. The molecule has 9 nitrogen and oxygen atoms in total. The highest BCUT2D eigenvalue weighted by molar-refractivity contribution is 6.75. The van der Waals surface area contributed by atoms with Crippen LogP contribution in [0.15, 0.2) is 72.9 Å². The van der Waals surface area contributed by atoms with Gasteiger partial charge in [-0.25, -0.2) is 0 Å². The number of carbonyl (C=O) groups is 2. The molecule has 0 aliphatic rings. The largest absolute Gasteiger partial charge is 0.469 e. The van der Waals surface area contributed by atoms with E-state index >= 15 is 0 Å². The van der Waals surface area contributed by atoms with E-state index in [9.17, 15) is 24.9 Å². The van der Waals surface area contributed by atoms with E-state index < -0.39 is 43.3 Å². The minimum absolute atomic E-state index is 0. The second-order valence-corrected chi connectivity index (χ2v) is 36.8. The van der Waals surface area contributed by atoms with Gasteiger partial charge in [0.15, 0.2) is 25.0 Å². The SMILES string of the molecule is C.CC[C@@H](O)/C=C/C#CC[C@@H](O)/C=C/C=C/C#C[C@@H](O)CCCC(C)=O.CC[C@H](/C=C/C#CC[C@H](/C=C/C=C/C#C[C@H](CCCC(=O)OC)O[Si](C)(C)C(C)(C)C)O[Si](C)(C)C(C)(C)C)O[Si](C)(C)C(C)(C)C. The van der Waals surface area contributed by atoms with Gasteiger partial charge in [0, 0.05) is 25.7 Å². The van der Waals surface area contributed by atoms with Crippen LogP contribution in [0.25, 0.3) is 0 Å². The molecule has 0 saturated heterocycles. The molecule has 0 fully saturated rings. The number of aliphatic hydroxyl groups excluding tert-OH is 3. The van der Waals surface area contributed by atoms with Crippen molar-refractivity contribution in [1.82, 2.24) is 0 Å². The lowest BCUT2D eigenvalue weighted by atomic mass is 10.1. The fraction of sp³-hybridized carbons (Fsp3) is 0.639. The summed E-state index contributed by atoms with van der Waals surface area (Å²) < 4.78 is 24.7. The molecule has 3 N–H and O–H groups in total. The van der Waals surface area contributed by atoms with Crippen LogP contribution < -0.4 is 0 Å². The minimum Gasteiger partial charge on any atom is -0.469 e. The summed E-state index contributed by atoms with van der Waals surface area (Å²) in [5, 5.41) is 28.9. The van der Waals surface area contributed by atoms with E-state index in [2.05, 4.69) is 168 Å². The Hall–Kier alpha value is -3.77. The molecule has 0 heterocycles. The monoisotopic (exact) mass is 1060 g/mol. The molecule has 0 bridgehead atoms. The number of carbonyl (C=O) groups excluding carboxylic acids is 2. The first-order valence-corrected chi connectivity index (χ1v) is 34.6. The molecular formula is C61H102O9Si3. The molecule has 0 aliphatic heterocycles. The molecule has 0 saturated carbocycles. The molecule has 0 aromatic carbocycles. The van der Waals surface area contributed by atoms with E-state index in [-0.39, 0.29) is 52.6 Å². The van der Waals surface area contributed by atoms with Crippen LogP contribution in [0.5, 0.6) is 0 Å². The maximum atomic E-state index is 11.6. The lowest BCUT2D eigenvalue weighted by Crippen LogP contribution is -2.43. The van der Waals surface area contributed by atoms with E-state index in [0.717, 1.165) is 6.42 Å². The van der Waals surface area contributed by atoms with Gasteiger partial charge in [0.25, 0.3) is 0 Å². The average Bonchev–Trinajstić information content (AvgIpc) is 3.26. The third-order valence-electron chi connectivity index (χ3n) is 13.0. The fourth-order valence-electron chi connectivity index (χ4n) is 5.19. The number of ketones is 1. The van der Waals surface area contributed by atoms with Crippen molar-refractivity contribution in [3.05, 3.63) is 72.9 Å². The van der Waals surface area contributed by atoms with Gasteiger partial charge in [0.05, 0.1) is 31.5 Å². The zero-order valence-corrected chi connectivity index (χ0v) is 51.3. The zero-order valence-electron chi connectivity index (χ0n) is 48.3. The Kier molecular flexibility index (Phi) is 38.1. The van der Waals surface area contributed by atoms with Crippen molar-refractivity contribution in [3.8, 4) is 47.4 Å². The number of hydrogen-bond acceptors (Lipinski definition) is 9. The summed E-state index contributed by atoms with van der Waals surface area (Å²) in [5.41, 5.74) is 0. The van der Waals surface area contributed by atoms with E-state index in [4.69, 9.17) is 18.0 Å². The average molecular weight is 1060 g/mol. The molecule has 0 aromatic heterocycles. The van der Waals surface area contributed by atoms with Crippen molar-refractivity contribution in [2.24, 2.45) is 0 Å². The number of ether oxygens (including phenoxy) is 1. The summed E-state index contributed by atoms with van der Waals surface area (Å²) in [6, 6.07) is 0. The van der Waals surface area contributed by atoms with Gasteiger partial charge in [-0.05, 0) is 136 Å². The summed E-state index contributed by atoms with van der Waals surface area (Å²) >= 11 is 0. The number of allylic oxidation sites excluding steroid dienone is 8. The molecule has 0 unspecified atom stereocenters. The van der Waals surface area contributed by atoms with Crippen LogP contribution >= 0.6 is 0 Å². The summed E-state index contributed by atoms with van der Waals surface area (Å²) in [4.78, 5) is 22.4. The summed E-state index contributed by atoms with van der Waals surface area (Å²) in [5.74, 6) is 23.9. The van der Waals surface area contributed by atoms with E-state index in [0.29, 0.717) is 57.8 Å². The first-order chi connectivity index (χ1) is 33.2. The van der Waals surface area contributed by atoms with Gasteiger partial charge in [0.2, 0.25) is 0 Å². The number of esters is 1. The highest BCUT2D eigenvalue weighted by Crippen LogP contribution is 2.39. The van der Waals surface area contributed by atoms with Crippen molar-refractivity contribution in [1.29, 1.82) is 0 Å². The highest BCUT2D eigenvalue weighted by Gasteiger charge is 2.40. The summed E-state index contributed by atoms with van der Waals surface area (Å²) in [7, 11) is -4.45. The molecule has 0 spiro atoms. The standard InChI is InChI=1S/C39H70O5Si3.C21H28O4.CH4/c1-18-33(42-45(12,13)37(2,3)4)27-24-21-25-30-34(43-46(14,15)38(5,6)7)28-22-19-20-23-29-35(31-26-32-36(40)41-11)44-47(16,17)39(8,9)10;1-3-19(23)13-9-6-10-16-20(24)14-7-4-5-8-15-21(25)17-11-12-18(2)22;/h19-20,22,24,27-28,33-35H,18,26,30-32H2,1-17H3;4-5,7,9,13-14,19-21,23-25H,3,11-12,16-17H2,1-2H3;1H4/b20-19+,27-24+,28-22+;5-4+,13-9+,14-7+;/t33-,34+,35-;19-,20+,21-;/m11./s1. The van der Waals surface area contributed by atoms with Crippen LogP contribution in [-0.2, 0) is 27.6 Å². The van der Waals surface area contributed by atoms with Crippen molar-refractivity contribution < 1.29 is 42.9 Å². The molecular weight excluding hydrogens is 961 g/mol. The molecule has 412 valence electrons. The van der Waals surface area contributed by atoms with Crippen molar-refractivity contribution in [3.63, 3.8) is 0 Å². The molecule has 0 amide bonds. The molecule has 0 radical (unpaired) electrons. The molecule has 6 atom stereocenters. The molecule has 0 rings (SSSR count). The van der Waals surface area contributed by atoms with Crippen LogP contribution in [0.4, 0.5) is 0 Å². The van der Waals surface area contributed by atoms with Crippen LogP contribution in [0.3, 0.4) is 0 Å². The normalized spacial score (nSPS) is 15.2. The first kappa shape index (κ1) is 73.5. The summed E-state index contributed by atoms with van der Waals surface area (Å²) in [6.45, 7) is 39.4. The van der Waals surface area contributed by atoms with E-state index in [1.807, 2.05) is 31.2 Å². The number of hydrogen-bond donors (Lipinski definition) is 3. The quantitative estimate of drug-likeness (QED) is 0.0374. The van der Waals surface area contributed by atoms with Gasteiger partial charge in [-0.2, -0.15) is 0 Å². The molecule has 0 aromatic rings. The van der Waals surface area contributed by atoms with Gasteiger partial charge >= 0.3 is 5.97 Å². The number of Topliss-reactive ketones (excluding diaryl/α,β-unsaturated/α-hetero) is 1. The summed E-state index contributed by atoms with van der Waals surface area (Å²) in [6.07, 6.45) is 25.3. The van der Waals surface area contributed by atoms with Gasteiger partial charge in [-0.1, -0.05) is 167 Å². The highest BCUT2D eigenvalue weighted by atomic mass is 28.4. The Balaban J connectivity index is -0.00000159. The predicted octanol–water partition coefficient (Wildman–Crippen LogP) is 13.9. The Morgan fingerprint density at radius 1 is 0.548 bits per heavy atom. The lowest BCUT2D eigenvalue weighted by Gasteiger charge is -2.38.